The molecule has 6 heteroatoms. The largest absolute Gasteiger partial charge is 0.394 e. The van der Waals surface area contributed by atoms with Gasteiger partial charge in [-0.05, 0) is 25.0 Å². The van der Waals surface area contributed by atoms with E-state index < -0.39 is 0 Å². The van der Waals surface area contributed by atoms with E-state index in [9.17, 15) is 9.90 Å². The van der Waals surface area contributed by atoms with Crippen LogP contribution in [0.15, 0.2) is 18.2 Å². The van der Waals surface area contributed by atoms with E-state index in [-0.39, 0.29) is 18.7 Å². The number of likely N-dealkylation sites (tertiary alicyclic amines) is 1. The smallest absolute Gasteiger partial charge is 0.322 e. The number of anilines is 1. The highest BCUT2D eigenvalue weighted by atomic mass is 35.5. The van der Waals surface area contributed by atoms with Gasteiger partial charge in [0.05, 0.1) is 28.4 Å². The topological polar surface area (TPSA) is 52.6 Å². The Morgan fingerprint density at radius 2 is 2.28 bits per heavy atom. The van der Waals surface area contributed by atoms with Crippen LogP contribution in [0.5, 0.6) is 0 Å². The van der Waals surface area contributed by atoms with E-state index >= 15 is 0 Å². The third-order valence-corrected chi connectivity index (χ3v) is 3.86. The summed E-state index contributed by atoms with van der Waals surface area (Å²) in [6, 6.07) is 4.71. The monoisotopic (exact) mass is 288 g/mol. The molecule has 0 unspecified atom stereocenters. The van der Waals surface area contributed by atoms with Crippen molar-refractivity contribution < 1.29 is 9.90 Å². The number of rotatable bonds is 2. The molecular weight excluding hydrogens is 275 g/mol. The summed E-state index contributed by atoms with van der Waals surface area (Å²) in [5, 5.41) is 12.6. The lowest BCUT2D eigenvalue weighted by molar-refractivity contribution is 0.166. The Balaban J connectivity index is 2.09. The first kappa shape index (κ1) is 13.5. The van der Waals surface area contributed by atoms with Crippen LogP contribution in [0.4, 0.5) is 10.5 Å². The molecule has 0 saturated carbocycles. The van der Waals surface area contributed by atoms with Crippen molar-refractivity contribution in [1.29, 1.82) is 0 Å². The Kier molecular flexibility index (Phi) is 4.32. The summed E-state index contributed by atoms with van der Waals surface area (Å²) >= 11 is 11.9. The van der Waals surface area contributed by atoms with Crippen LogP contribution in [-0.2, 0) is 0 Å². The van der Waals surface area contributed by atoms with Crippen molar-refractivity contribution in [2.24, 2.45) is 0 Å². The molecule has 2 N–H and O–H groups in total. The van der Waals surface area contributed by atoms with Gasteiger partial charge in [0.15, 0.2) is 0 Å². The second kappa shape index (κ2) is 5.78. The van der Waals surface area contributed by atoms with Crippen LogP contribution in [0.3, 0.4) is 0 Å². The summed E-state index contributed by atoms with van der Waals surface area (Å²) in [4.78, 5) is 13.7. The molecule has 1 atom stereocenters. The fraction of sp³-hybridized carbons (Fsp3) is 0.417. The molecule has 1 aromatic rings. The van der Waals surface area contributed by atoms with Gasteiger partial charge in [-0.15, -0.1) is 0 Å². The van der Waals surface area contributed by atoms with E-state index in [1.807, 2.05) is 0 Å². The number of benzene rings is 1. The average molecular weight is 289 g/mol. The maximum absolute atomic E-state index is 12.0. The number of aliphatic hydroxyl groups is 1. The van der Waals surface area contributed by atoms with Crippen LogP contribution in [0.1, 0.15) is 12.8 Å². The van der Waals surface area contributed by atoms with Gasteiger partial charge in [-0.2, -0.15) is 0 Å². The molecular formula is C12H14Cl2N2O2. The third kappa shape index (κ3) is 2.71. The van der Waals surface area contributed by atoms with Gasteiger partial charge in [0.1, 0.15) is 0 Å². The highest BCUT2D eigenvalue weighted by Gasteiger charge is 2.28. The maximum atomic E-state index is 12.0. The molecule has 4 nitrogen and oxygen atoms in total. The standard InChI is InChI=1S/C12H14Cl2N2O2/c13-9-4-1-5-10(11(9)14)15-12(18)16-6-2-3-8(16)7-17/h1,4-5,8,17H,2-3,6-7H2,(H,15,18)/t8-/m0/s1. The van der Waals surface area contributed by atoms with Crippen molar-refractivity contribution in [3.8, 4) is 0 Å². The van der Waals surface area contributed by atoms with Crippen LogP contribution in [0.25, 0.3) is 0 Å². The van der Waals surface area contributed by atoms with E-state index in [0.29, 0.717) is 22.3 Å². The van der Waals surface area contributed by atoms with Gasteiger partial charge in [-0.3, -0.25) is 0 Å². The lowest BCUT2D eigenvalue weighted by Gasteiger charge is -2.23. The van der Waals surface area contributed by atoms with E-state index in [4.69, 9.17) is 23.2 Å². The quantitative estimate of drug-likeness (QED) is 0.879. The van der Waals surface area contributed by atoms with Gasteiger partial charge in [-0.1, -0.05) is 29.3 Å². The fourth-order valence-electron chi connectivity index (χ4n) is 2.08. The van der Waals surface area contributed by atoms with E-state index in [0.717, 1.165) is 12.8 Å². The Morgan fingerprint density at radius 1 is 1.50 bits per heavy atom. The van der Waals surface area contributed by atoms with Crippen molar-refractivity contribution in [1.82, 2.24) is 4.90 Å². The zero-order chi connectivity index (χ0) is 13.1. The van der Waals surface area contributed by atoms with Crippen molar-refractivity contribution in [2.45, 2.75) is 18.9 Å². The number of aliphatic hydroxyl groups excluding tert-OH is 1. The van der Waals surface area contributed by atoms with Crippen molar-refractivity contribution >= 4 is 34.9 Å². The lowest BCUT2D eigenvalue weighted by atomic mass is 10.2. The molecule has 0 bridgehead atoms. The Hall–Kier alpha value is -0.970. The van der Waals surface area contributed by atoms with E-state index in [2.05, 4.69) is 5.32 Å². The lowest BCUT2D eigenvalue weighted by Crippen LogP contribution is -2.40. The number of hydrogen-bond donors (Lipinski definition) is 2. The van der Waals surface area contributed by atoms with Gasteiger partial charge >= 0.3 is 6.03 Å². The molecule has 2 rings (SSSR count). The fourth-order valence-corrected chi connectivity index (χ4v) is 2.43. The number of hydrogen-bond acceptors (Lipinski definition) is 2. The predicted octanol–water partition coefficient (Wildman–Crippen LogP) is 2.98. The molecule has 1 aliphatic heterocycles. The molecule has 1 fully saturated rings. The van der Waals surface area contributed by atoms with Crippen LogP contribution in [0.2, 0.25) is 10.0 Å². The van der Waals surface area contributed by atoms with Gasteiger partial charge < -0.3 is 15.3 Å². The van der Waals surface area contributed by atoms with E-state index in [1.54, 1.807) is 23.1 Å². The molecule has 0 radical (unpaired) electrons. The summed E-state index contributed by atoms with van der Waals surface area (Å²) in [6.07, 6.45) is 1.73. The first-order chi connectivity index (χ1) is 8.63. The number of amides is 2. The predicted molar refractivity (Wildman–Crippen MR) is 72.3 cm³/mol. The molecule has 0 spiro atoms. The molecule has 1 aromatic carbocycles. The molecule has 98 valence electrons. The first-order valence-corrected chi connectivity index (χ1v) is 6.51. The van der Waals surface area contributed by atoms with Gasteiger partial charge in [0.2, 0.25) is 0 Å². The average Bonchev–Trinajstić information content (AvgIpc) is 2.83. The second-order valence-corrected chi connectivity index (χ2v) is 4.99. The molecule has 1 heterocycles. The molecule has 0 aliphatic carbocycles. The van der Waals surface area contributed by atoms with E-state index in [1.165, 1.54) is 0 Å². The molecule has 1 aliphatic rings. The van der Waals surface area contributed by atoms with Crippen LogP contribution >= 0.6 is 23.2 Å². The highest BCUT2D eigenvalue weighted by Crippen LogP contribution is 2.30. The number of urea groups is 1. The van der Waals surface area contributed by atoms with Gasteiger partial charge in [0, 0.05) is 6.54 Å². The van der Waals surface area contributed by atoms with Crippen molar-refractivity contribution in [2.75, 3.05) is 18.5 Å². The third-order valence-electron chi connectivity index (χ3n) is 3.04. The summed E-state index contributed by atoms with van der Waals surface area (Å²) in [5.74, 6) is 0. The van der Waals surface area contributed by atoms with Gasteiger partial charge in [-0.25, -0.2) is 4.79 Å². The zero-order valence-corrected chi connectivity index (χ0v) is 11.2. The summed E-state index contributed by atoms with van der Waals surface area (Å²) in [7, 11) is 0. The maximum Gasteiger partial charge on any atom is 0.322 e. The number of halogens is 2. The zero-order valence-electron chi connectivity index (χ0n) is 9.70. The van der Waals surface area contributed by atoms with Crippen LogP contribution in [0, 0.1) is 0 Å². The summed E-state index contributed by atoms with van der Waals surface area (Å²) in [6.45, 7) is 0.631. The van der Waals surface area contributed by atoms with Crippen molar-refractivity contribution in [3.63, 3.8) is 0 Å². The minimum Gasteiger partial charge on any atom is -0.394 e. The Labute approximate surface area is 115 Å². The number of nitrogens with one attached hydrogen (secondary N) is 1. The van der Waals surface area contributed by atoms with Crippen LogP contribution < -0.4 is 5.32 Å². The number of carbonyl (C=O) groups is 1. The Bertz CT molecular complexity index is 454. The minimum absolute atomic E-state index is 0.0172. The SMILES string of the molecule is O=C(Nc1cccc(Cl)c1Cl)N1CCC[C@H]1CO. The molecule has 18 heavy (non-hydrogen) atoms. The normalized spacial score (nSPS) is 19.1. The summed E-state index contributed by atoms with van der Waals surface area (Å²) < 4.78 is 0. The second-order valence-electron chi connectivity index (χ2n) is 4.20. The Morgan fingerprint density at radius 3 is 3.00 bits per heavy atom. The number of carbonyl (C=O) groups excluding carboxylic acids is 1. The first-order valence-electron chi connectivity index (χ1n) is 5.76. The highest BCUT2D eigenvalue weighted by molar-refractivity contribution is 6.43. The van der Waals surface area contributed by atoms with Crippen molar-refractivity contribution in [3.05, 3.63) is 28.2 Å². The van der Waals surface area contributed by atoms with Gasteiger partial charge in [0.25, 0.3) is 0 Å². The molecule has 0 aromatic heterocycles. The summed E-state index contributed by atoms with van der Waals surface area (Å²) in [5.41, 5.74) is 0.484. The minimum atomic E-state index is -0.254. The van der Waals surface area contributed by atoms with Crippen LogP contribution in [-0.4, -0.2) is 35.2 Å². The molecule has 1 saturated heterocycles. The molecule has 2 amide bonds. The number of nitrogens with zero attached hydrogens (tertiary/aromatic N) is 1.